The van der Waals surface area contributed by atoms with Gasteiger partial charge in [-0.15, -0.1) is 0 Å². The molecule has 1 aliphatic heterocycles. The van der Waals surface area contributed by atoms with Gasteiger partial charge in [0, 0.05) is 18.7 Å². The summed E-state index contributed by atoms with van der Waals surface area (Å²) in [5.41, 5.74) is 0.366. The maximum Gasteiger partial charge on any atom is 0.289 e. The topological polar surface area (TPSA) is 66.5 Å². The van der Waals surface area contributed by atoms with E-state index < -0.39 is 21.7 Å². The van der Waals surface area contributed by atoms with E-state index in [-0.39, 0.29) is 37.8 Å². The van der Waals surface area contributed by atoms with E-state index in [0.717, 1.165) is 12.8 Å². The van der Waals surface area contributed by atoms with E-state index in [9.17, 15) is 22.0 Å². The Balaban J connectivity index is 1.78. The van der Waals surface area contributed by atoms with E-state index in [4.69, 9.17) is 11.6 Å². The molecule has 2 aromatic rings. The van der Waals surface area contributed by atoms with Gasteiger partial charge in [0.1, 0.15) is 0 Å². The van der Waals surface area contributed by atoms with Crippen LogP contribution in [0.2, 0.25) is 5.02 Å². The lowest BCUT2D eigenvalue weighted by atomic mass is 10.2. The first-order valence-electron chi connectivity index (χ1n) is 8.44. The standard InChI is InChI=1S/C18H17ClF2N2O3S2/c19-14-4-3-5-15(16(14)27-18(20)21)22-17(24)12-6-8-13(9-7-12)28(25,26)23-10-1-2-11-23/h3-9,18H,1-2,10-11H2,(H,22,24). The lowest BCUT2D eigenvalue weighted by molar-refractivity contribution is 0.102. The Morgan fingerprint density at radius 2 is 1.75 bits per heavy atom. The van der Waals surface area contributed by atoms with E-state index in [0.29, 0.717) is 13.1 Å². The van der Waals surface area contributed by atoms with Crippen molar-refractivity contribution in [3.05, 3.63) is 53.1 Å². The number of nitrogens with zero attached hydrogens (tertiary/aromatic N) is 1. The van der Waals surface area contributed by atoms with Crippen LogP contribution >= 0.6 is 23.4 Å². The fraction of sp³-hybridized carbons (Fsp3) is 0.278. The van der Waals surface area contributed by atoms with Crippen molar-refractivity contribution < 1.29 is 22.0 Å². The fourth-order valence-corrected chi connectivity index (χ4v) is 5.30. The quantitative estimate of drug-likeness (QED) is 0.653. The van der Waals surface area contributed by atoms with Gasteiger partial charge in [0.05, 0.1) is 20.5 Å². The van der Waals surface area contributed by atoms with Crippen molar-refractivity contribution in [3.8, 4) is 0 Å². The van der Waals surface area contributed by atoms with Crippen molar-refractivity contribution in [1.82, 2.24) is 4.31 Å². The average molecular weight is 447 g/mol. The Hall–Kier alpha value is -1.68. The molecule has 0 aromatic heterocycles. The van der Waals surface area contributed by atoms with Crippen LogP contribution in [0.1, 0.15) is 23.2 Å². The predicted molar refractivity (Wildman–Crippen MR) is 106 cm³/mol. The molecule has 0 radical (unpaired) electrons. The highest BCUT2D eigenvalue weighted by Gasteiger charge is 2.27. The zero-order valence-corrected chi connectivity index (χ0v) is 17.0. The number of hydrogen-bond acceptors (Lipinski definition) is 4. The minimum absolute atomic E-state index is 0.0701. The smallest absolute Gasteiger partial charge is 0.289 e. The molecule has 0 atom stereocenters. The molecule has 1 amide bonds. The fourth-order valence-electron chi connectivity index (χ4n) is 2.87. The second-order valence-corrected chi connectivity index (χ2v) is 9.43. The monoisotopic (exact) mass is 446 g/mol. The third-order valence-corrected chi connectivity index (χ3v) is 7.44. The molecule has 1 aliphatic rings. The van der Waals surface area contributed by atoms with Gasteiger partial charge >= 0.3 is 0 Å². The first-order chi connectivity index (χ1) is 13.3. The molecule has 150 valence electrons. The molecule has 0 aliphatic carbocycles. The number of nitrogens with one attached hydrogen (secondary N) is 1. The summed E-state index contributed by atoms with van der Waals surface area (Å²) in [5, 5.41) is 2.66. The van der Waals surface area contributed by atoms with E-state index in [2.05, 4.69) is 5.32 Å². The van der Waals surface area contributed by atoms with Crippen molar-refractivity contribution >= 4 is 45.0 Å². The van der Waals surface area contributed by atoms with Crippen LogP contribution in [0.3, 0.4) is 0 Å². The van der Waals surface area contributed by atoms with Crippen LogP contribution in [-0.2, 0) is 10.0 Å². The van der Waals surface area contributed by atoms with Crippen LogP contribution in [-0.4, -0.2) is 37.5 Å². The van der Waals surface area contributed by atoms with Gasteiger partial charge in [-0.1, -0.05) is 29.4 Å². The summed E-state index contributed by atoms with van der Waals surface area (Å²) in [6, 6.07) is 10.00. The predicted octanol–water partition coefficient (Wildman–Crippen LogP) is 4.69. The number of anilines is 1. The van der Waals surface area contributed by atoms with Crippen LogP contribution in [0.15, 0.2) is 52.3 Å². The highest BCUT2D eigenvalue weighted by atomic mass is 35.5. The van der Waals surface area contributed by atoms with Gasteiger partial charge in [-0.3, -0.25) is 4.79 Å². The zero-order chi connectivity index (χ0) is 20.3. The number of amides is 1. The number of sulfonamides is 1. The average Bonchev–Trinajstić information content (AvgIpc) is 3.20. The minimum atomic E-state index is -3.57. The Kier molecular flexibility index (Phi) is 6.59. The number of rotatable bonds is 6. The number of hydrogen-bond donors (Lipinski definition) is 1. The maximum absolute atomic E-state index is 12.8. The normalized spacial score (nSPS) is 15.1. The first kappa shape index (κ1) is 21.0. The number of carbonyl (C=O) groups excluding carboxylic acids is 1. The molecule has 28 heavy (non-hydrogen) atoms. The van der Waals surface area contributed by atoms with Gasteiger partial charge < -0.3 is 5.32 Å². The van der Waals surface area contributed by atoms with Gasteiger partial charge in [0.2, 0.25) is 10.0 Å². The van der Waals surface area contributed by atoms with Crippen LogP contribution in [0.5, 0.6) is 0 Å². The molecule has 0 unspecified atom stereocenters. The van der Waals surface area contributed by atoms with Crippen LogP contribution < -0.4 is 5.32 Å². The molecular weight excluding hydrogens is 430 g/mol. The Labute approximate surface area is 171 Å². The molecular formula is C18H17ClF2N2O3S2. The highest BCUT2D eigenvalue weighted by molar-refractivity contribution is 7.99. The summed E-state index contributed by atoms with van der Waals surface area (Å²) in [6.45, 7) is 0.980. The second kappa shape index (κ2) is 8.77. The summed E-state index contributed by atoms with van der Waals surface area (Å²) >= 11 is 6.20. The first-order valence-corrected chi connectivity index (χ1v) is 11.1. The lowest BCUT2D eigenvalue weighted by Gasteiger charge is -2.16. The van der Waals surface area contributed by atoms with Gasteiger partial charge in [-0.2, -0.15) is 13.1 Å². The third kappa shape index (κ3) is 4.65. The summed E-state index contributed by atoms with van der Waals surface area (Å²) in [7, 11) is -3.57. The van der Waals surface area contributed by atoms with Gasteiger partial charge in [-0.25, -0.2) is 8.42 Å². The molecule has 2 aromatic carbocycles. The lowest BCUT2D eigenvalue weighted by Crippen LogP contribution is -2.27. The van der Waals surface area contributed by atoms with Crippen molar-refractivity contribution in [2.24, 2.45) is 0 Å². The van der Waals surface area contributed by atoms with E-state index >= 15 is 0 Å². The van der Waals surface area contributed by atoms with Crippen LogP contribution in [0.25, 0.3) is 0 Å². The van der Waals surface area contributed by atoms with Crippen LogP contribution in [0.4, 0.5) is 14.5 Å². The Morgan fingerprint density at radius 1 is 1.11 bits per heavy atom. The number of carbonyl (C=O) groups is 1. The Morgan fingerprint density at radius 3 is 2.36 bits per heavy atom. The third-order valence-electron chi connectivity index (χ3n) is 4.24. The van der Waals surface area contributed by atoms with Gasteiger partial charge in [-0.05, 0) is 49.2 Å². The molecule has 10 heteroatoms. The van der Waals surface area contributed by atoms with Gasteiger partial charge in [0.25, 0.3) is 11.7 Å². The summed E-state index contributed by atoms with van der Waals surface area (Å²) in [4.78, 5) is 12.7. The molecule has 0 bridgehead atoms. The molecule has 3 rings (SSSR count). The van der Waals surface area contributed by atoms with Crippen molar-refractivity contribution in [2.45, 2.75) is 28.4 Å². The number of alkyl halides is 2. The van der Waals surface area contributed by atoms with E-state index in [1.54, 1.807) is 6.07 Å². The second-order valence-electron chi connectivity index (χ2n) is 6.08. The SMILES string of the molecule is O=C(Nc1cccc(Cl)c1SC(F)F)c1ccc(S(=O)(=O)N2CCCC2)cc1. The summed E-state index contributed by atoms with van der Waals surface area (Å²) in [6.07, 6.45) is 1.66. The van der Waals surface area contributed by atoms with Gasteiger partial charge in [0.15, 0.2) is 0 Å². The molecule has 1 fully saturated rings. The Bertz CT molecular complexity index is 963. The zero-order valence-electron chi connectivity index (χ0n) is 14.6. The molecule has 1 N–H and O–H groups in total. The minimum Gasteiger partial charge on any atom is -0.321 e. The molecule has 0 spiro atoms. The molecule has 1 heterocycles. The largest absolute Gasteiger partial charge is 0.321 e. The van der Waals surface area contributed by atoms with E-state index in [1.165, 1.54) is 40.7 Å². The van der Waals surface area contributed by atoms with E-state index in [1.807, 2.05) is 0 Å². The summed E-state index contributed by atoms with van der Waals surface area (Å²) in [5.74, 6) is -3.24. The van der Waals surface area contributed by atoms with Crippen molar-refractivity contribution in [2.75, 3.05) is 18.4 Å². The van der Waals surface area contributed by atoms with Crippen molar-refractivity contribution in [1.29, 1.82) is 0 Å². The molecule has 5 nitrogen and oxygen atoms in total. The van der Waals surface area contributed by atoms with Crippen molar-refractivity contribution in [3.63, 3.8) is 0 Å². The number of halogens is 3. The molecule has 0 saturated carbocycles. The maximum atomic E-state index is 12.8. The number of benzene rings is 2. The summed E-state index contributed by atoms with van der Waals surface area (Å²) < 4.78 is 52.0. The highest BCUT2D eigenvalue weighted by Crippen LogP contribution is 2.37. The molecule has 1 saturated heterocycles. The number of thioether (sulfide) groups is 1. The van der Waals surface area contributed by atoms with Crippen LogP contribution in [0, 0.1) is 0 Å².